The van der Waals surface area contributed by atoms with Gasteiger partial charge in [-0.2, -0.15) is 0 Å². The average molecular weight is 1050 g/mol. The molecule has 0 amide bonds. The van der Waals surface area contributed by atoms with E-state index in [1.165, 1.54) is 199 Å². The lowest BCUT2D eigenvalue weighted by molar-refractivity contribution is -0.167. The number of hydrogen-bond donors (Lipinski definition) is 0. The minimum absolute atomic E-state index is 0.0849. The van der Waals surface area contributed by atoms with Gasteiger partial charge in [0.05, 0.1) is 0 Å². The van der Waals surface area contributed by atoms with E-state index in [9.17, 15) is 14.4 Å². The van der Waals surface area contributed by atoms with Crippen LogP contribution in [0.1, 0.15) is 329 Å². The van der Waals surface area contributed by atoms with Gasteiger partial charge < -0.3 is 14.2 Å². The molecule has 6 nitrogen and oxygen atoms in total. The lowest BCUT2D eigenvalue weighted by Gasteiger charge is -2.18. The predicted octanol–water partition coefficient (Wildman–Crippen LogP) is 22.1. The van der Waals surface area contributed by atoms with Crippen molar-refractivity contribution < 1.29 is 28.6 Å². The van der Waals surface area contributed by atoms with E-state index in [0.717, 1.165) is 89.9 Å². The Kier molecular flexibility index (Phi) is 60.7. The largest absolute Gasteiger partial charge is 0.462 e. The molecule has 0 aliphatic heterocycles. The second kappa shape index (κ2) is 63.4. The van der Waals surface area contributed by atoms with Gasteiger partial charge in [-0.3, -0.25) is 14.4 Å². The molecule has 6 heteroatoms. The van der Waals surface area contributed by atoms with Gasteiger partial charge in [0.15, 0.2) is 6.10 Å². The Labute approximate surface area is 465 Å². The van der Waals surface area contributed by atoms with Crippen molar-refractivity contribution in [3.8, 4) is 0 Å². The molecule has 1 atom stereocenters. The van der Waals surface area contributed by atoms with Crippen LogP contribution >= 0.6 is 0 Å². The highest BCUT2D eigenvalue weighted by molar-refractivity contribution is 5.71. The Morgan fingerprint density at radius 3 is 0.867 bits per heavy atom. The third kappa shape index (κ3) is 61.6. The van der Waals surface area contributed by atoms with Crippen LogP contribution in [0.25, 0.3) is 0 Å². The standard InChI is InChI=1S/C69H122O6/c1-4-7-10-13-16-19-22-25-27-29-31-32-33-34-35-36-38-39-41-44-47-50-53-56-59-62-68(71)74-65-66(64-73-67(70)61-58-55-52-49-46-43-24-21-18-15-12-9-6-3)75-69(72)63-60-57-54-51-48-45-42-40-37-30-28-26-23-20-17-14-11-8-5-2/h9,12,17-18,20-21,26,28-29,31,43,46,66H,4-8,10-11,13-16,19,22-25,27,30,32-42,44-45,47-65H2,1-3H3/b12-9-,20-17-,21-18-,28-26-,31-29-,46-43-. The zero-order valence-corrected chi connectivity index (χ0v) is 49.8. The van der Waals surface area contributed by atoms with E-state index in [4.69, 9.17) is 14.2 Å². The van der Waals surface area contributed by atoms with Crippen molar-refractivity contribution in [3.63, 3.8) is 0 Å². The topological polar surface area (TPSA) is 78.9 Å². The number of hydrogen-bond acceptors (Lipinski definition) is 6. The number of unbranched alkanes of at least 4 members (excludes halogenated alkanes) is 36. The van der Waals surface area contributed by atoms with Crippen molar-refractivity contribution in [2.24, 2.45) is 0 Å². The van der Waals surface area contributed by atoms with Crippen molar-refractivity contribution in [2.45, 2.75) is 335 Å². The third-order valence-corrected chi connectivity index (χ3v) is 14.2. The SMILES string of the molecule is CC/C=C\C/C=C\C/C=C\CCCCCC(=O)OCC(COC(=O)CCCCCCCCCCCCCCC/C=C\CCCCCCCCCC)OC(=O)CCCCCCCCCCC/C=C\C/C=C\CCCCC. The number of allylic oxidation sites excluding steroid dienone is 12. The van der Waals surface area contributed by atoms with E-state index < -0.39 is 6.10 Å². The maximum atomic E-state index is 12.9. The van der Waals surface area contributed by atoms with Gasteiger partial charge in [0.25, 0.3) is 0 Å². The molecule has 0 saturated heterocycles. The molecule has 75 heavy (non-hydrogen) atoms. The van der Waals surface area contributed by atoms with E-state index in [1.54, 1.807) is 0 Å². The van der Waals surface area contributed by atoms with Crippen LogP contribution in [0.3, 0.4) is 0 Å². The number of esters is 3. The van der Waals surface area contributed by atoms with Crippen LogP contribution in [-0.4, -0.2) is 37.2 Å². The van der Waals surface area contributed by atoms with Crippen molar-refractivity contribution in [3.05, 3.63) is 72.9 Å². The fourth-order valence-electron chi connectivity index (χ4n) is 9.31. The summed E-state index contributed by atoms with van der Waals surface area (Å²) in [4.78, 5) is 38.3. The highest BCUT2D eigenvalue weighted by atomic mass is 16.6. The number of carbonyl (C=O) groups excluding carboxylic acids is 3. The van der Waals surface area contributed by atoms with Gasteiger partial charge in [-0.1, -0.05) is 273 Å². The Morgan fingerprint density at radius 2 is 0.520 bits per heavy atom. The predicted molar refractivity (Wildman–Crippen MR) is 325 cm³/mol. The molecule has 0 saturated carbocycles. The second-order valence-corrected chi connectivity index (χ2v) is 21.6. The van der Waals surface area contributed by atoms with E-state index in [1.807, 2.05) is 0 Å². The first kappa shape index (κ1) is 71.8. The van der Waals surface area contributed by atoms with Crippen LogP contribution in [0.15, 0.2) is 72.9 Å². The molecule has 0 aliphatic carbocycles. The number of rotatable bonds is 59. The highest BCUT2D eigenvalue weighted by Crippen LogP contribution is 2.17. The summed E-state index contributed by atoms with van der Waals surface area (Å²) >= 11 is 0. The lowest BCUT2D eigenvalue weighted by Crippen LogP contribution is -2.30. The minimum atomic E-state index is -0.790. The summed E-state index contributed by atoms with van der Waals surface area (Å²) in [5.41, 5.74) is 0. The third-order valence-electron chi connectivity index (χ3n) is 14.2. The first-order valence-electron chi connectivity index (χ1n) is 32.4. The van der Waals surface area contributed by atoms with Gasteiger partial charge in [0.1, 0.15) is 13.2 Å². The van der Waals surface area contributed by atoms with Crippen LogP contribution in [0.4, 0.5) is 0 Å². The zero-order valence-electron chi connectivity index (χ0n) is 49.8. The molecular formula is C69H122O6. The molecule has 0 rings (SSSR count). The average Bonchev–Trinajstić information content (AvgIpc) is 3.41. The summed E-state index contributed by atoms with van der Waals surface area (Å²) in [7, 11) is 0. The Bertz CT molecular complexity index is 1390. The zero-order chi connectivity index (χ0) is 54.3. The van der Waals surface area contributed by atoms with Crippen molar-refractivity contribution in [2.75, 3.05) is 13.2 Å². The summed E-state index contributed by atoms with van der Waals surface area (Å²) in [5, 5.41) is 0. The fourth-order valence-corrected chi connectivity index (χ4v) is 9.31. The molecule has 0 bridgehead atoms. The molecular weight excluding hydrogens is 925 g/mol. The van der Waals surface area contributed by atoms with E-state index >= 15 is 0 Å². The van der Waals surface area contributed by atoms with E-state index in [2.05, 4.69) is 93.7 Å². The van der Waals surface area contributed by atoms with E-state index in [-0.39, 0.29) is 31.1 Å². The number of ether oxygens (including phenoxy) is 3. The van der Waals surface area contributed by atoms with Crippen LogP contribution < -0.4 is 0 Å². The van der Waals surface area contributed by atoms with Gasteiger partial charge in [-0.05, 0) is 109 Å². The second-order valence-electron chi connectivity index (χ2n) is 21.6. The molecule has 0 radical (unpaired) electrons. The van der Waals surface area contributed by atoms with Crippen LogP contribution in [0.2, 0.25) is 0 Å². The fraction of sp³-hybridized carbons (Fsp3) is 0.783. The van der Waals surface area contributed by atoms with Gasteiger partial charge in [0, 0.05) is 19.3 Å². The smallest absolute Gasteiger partial charge is 0.306 e. The minimum Gasteiger partial charge on any atom is -0.462 e. The first-order chi connectivity index (χ1) is 37.0. The van der Waals surface area contributed by atoms with Crippen molar-refractivity contribution >= 4 is 17.9 Å². The lowest BCUT2D eigenvalue weighted by atomic mass is 10.0. The molecule has 0 aromatic heterocycles. The van der Waals surface area contributed by atoms with Gasteiger partial charge in [-0.25, -0.2) is 0 Å². The molecule has 0 spiro atoms. The van der Waals surface area contributed by atoms with Crippen LogP contribution in [0.5, 0.6) is 0 Å². The Balaban J connectivity index is 4.29. The summed E-state index contributed by atoms with van der Waals surface area (Å²) in [6, 6.07) is 0. The molecule has 0 aromatic carbocycles. The number of carbonyl (C=O) groups is 3. The molecule has 0 fully saturated rings. The molecule has 0 N–H and O–H groups in total. The Hall–Kier alpha value is -3.15. The normalized spacial score (nSPS) is 12.5. The van der Waals surface area contributed by atoms with Gasteiger partial charge >= 0.3 is 17.9 Å². The summed E-state index contributed by atoms with van der Waals surface area (Å²) in [5.74, 6) is -0.906. The van der Waals surface area contributed by atoms with Crippen molar-refractivity contribution in [1.82, 2.24) is 0 Å². The molecule has 434 valence electrons. The maximum Gasteiger partial charge on any atom is 0.306 e. The maximum absolute atomic E-state index is 12.9. The molecule has 0 heterocycles. The summed E-state index contributed by atoms with van der Waals surface area (Å²) in [6.07, 6.45) is 82.0. The highest BCUT2D eigenvalue weighted by Gasteiger charge is 2.19. The Morgan fingerprint density at radius 1 is 0.280 bits per heavy atom. The quantitative estimate of drug-likeness (QED) is 0.0261. The van der Waals surface area contributed by atoms with Crippen LogP contribution in [-0.2, 0) is 28.6 Å². The van der Waals surface area contributed by atoms with Gasteiger partial charge in [-0.15, -0.1) is 0 Å². The summed E-state index contributed by atoms with van der Waals surface area (Å²) in [6.45, 7) is 6.51. The van der Waals surface area contributed by atoms with Crippen LogP contribution in [0, 0.1) is 0 Å². The van der Waals surface area contributed by atoms with E-state index in [0.29, 0.717) is 19.3 Å². The molecule has 1 unspecified atom stereocenters. The molecule has 0 aliphatic rings. The molecule has 0 aromatic rings. The monoisotopic (exact) mass is 1050 g/mol. The van der Waals surface area contributed by atoms with Crippen molar-refractivity contribution in [1.29, 1.82) is 0 Å². The summed E-state index contributed by atoms with van der Waals surface area (Å²) < 4.78 is 16.9. The first-order valence-corrected chi connectivity index (χ1v) is 32.4. The van der Waals surface area contributed by atoms with Gasteiger partial charge in [0.2, 0.25) is 0 Å².